The van der Waals surface area contributed by atoms with E-state index < -0.39 is 10.8 Å². The molecule has 1 unspecified atom stereocenters. The van der Waals surface area contributed by atoms with Crippen molar-refractivity contribution < 1.29 is 18.8 Å². The van der Waals surface area contributed by atoms with Gasteiger partial charge in [-0.15, -0.1) is 0 Å². The van der Waals surface area contributed by atoms with E-state index in [1.807, 2.05) is 36.4 Å². The van der Waals surface area contributed by atoms with E-state index in [4.69, 9.17) is 14.6 Å². The van der Waals surface area contributed by atoms with Gasteiger partial charge in [0.05, 0.1) is 36.4 Å². The molecule has 3 rings (SSSR count). The van der Waals surface area contributed by atoms with Crippen LogP contribution in [-0.2, 0) is 23.2 Å². The Bertz CT molecular complexity index is 667. The van der Waals surface area contributed by atoms with Crippen LogP contribution >= 0.6 is 0 Å². The summed E-state index contributed by atoms with van der Waals surface area (Å²) in [5, 5.41) is 9.04. The third-order valence-electron chi connectivity index (χ3n) is 3.49. The van der Waals surface area contributed by atoms with Crippen LogP contribution in [0.4, 0.5) is 0 Å². The molecule has 1 heterocycles. The van der Waals surface area contributed by atoms with Gasteiger partial charge in [-0.05, 0) is 23.3 Å². The van der Waals surface area contributed by atoms with Gasteiger partial charge in [-0.2, -0.15) is 0 Å². The predicted molar refractivity (Wildman–Crippen MR) is 84.5 cm³/mol. The van der Waals surface area contributed by atoms with Crippen molar-refractivity contribution in [1.82, 2.24) is 0 Å². The summed E-state index contributed by atoms with van der Waals surface area (Å²) in [6.07, 6.45) is 0.851. The van der Waals surface area contributed by atoms with E-state index >= 15 is 0 Å². The average molecular weight is 318 g/mol. The molecule has 4 nitrogen and oxygen atoms in total. The fraction of sp³-hybridized carbons (Fsp3) is 0.294. The normalized spacial score (nSPS) is 15.1. The van der Waals surface area contributed by atoms with E-state index in [2.05, 4.69) is 0 Å². The third kappa shape index (κ3) is 3.48. The maximum atomic E-state index is 12.5. The Hall–Kier alpha value is -1.85. The molecule has 1 aliphatic rings. The molecule has 2 aromatic rings. The standard InChI is InChI=1S/C17H18O4S/c18-11-13-2-4-14(5-3-13)12-22(19)15-6-7-16-17(10-15)21-9-1-8-20-16/h2-7,10,18H,1,8-9,11-12H2. The molecule has 0 spiro atoms. The molecule has 22 heavy (non-hydrogen) atoms. The fourth-order valence-electron chi connectivity index (χ4n) is 2.26. The highest BCUT2D eigenvalue weighted by molar-refractivity contribution is 7.84. The monoisotopic (exact) mass is 318 g/mol. The van der Waals surface area contributed by atoms with Crippen molar-refractivity contribution in [2.45, 2.75) is 23.7 Å². The van der Waals surface area contributed by atoms with Gasteiger partial charge in [0.15, 0.2) is 11.5 Å². The number of hydrogen-bond acceptors (Lipinski definition) is 4. The lowest BCUT2D eigenvalue weighted by atomic mass is 10.2. The fourth-order valence-corrected chi connectivity index (χ4v) is 3.38. The van der Waals surface area contributed by atoms with Gasteiger partial charge < -0.3 is 14.6 Å². The minimum absolute atomic E-state index is 0.0194. The van der Waals surface area contributed by atoms with E-state index in [0.29, 0.717) is 30.5 Å². The quantitative estimate of drug-likeness (QED) is 0.941. The van der Waals surface area contributed by atoms with Gasteiger partial charge in [-0.1, -0.05) is 24.3 Å². The average Bonchev–Trinajstić information content (AvgIpc) is 2.80. The topological polar surface area (TPSA) is 55.8 Å². The Labute approximate surface area is 132 Å². The Morgan fingerprint density at radius 3 is 2.36 bits per heavy atom. The molecule has 0 aliphatic carbocycles. The first-order valence-corrected chi connectivity index (χ1v) is 8.55. The smallest absolute Gasteiger partial charge is 0.162 e. The van der Waals surface area contributed by atoms with Crippen molar-refractivity contribution in [2.24, 2.45) is 0 Å². The van der Waals surface area contributed by atoms with Gasteiger partial charge in [0.1, 0.15) is 0 Å². The SMILES string of the molecule is O=S(Cc1ccc(CO)cc1)c1ccc2c(c1)OCCCO2. The van der Waals surface area contributed by atoms with Crippen LogP contribution in [0.15, 0.2) is 47.4 Å². The molecule has 0 saturated carbocycles. The number of aliphatic hydroxyl groups excluding tert-OH is 1. The summed E-state index contributed by atoms with van der Waals surface area (Å²) in [7, 11) is -1.14. The minimum atomic E-state index is -1.14. The van der Waals surface area contributed by atoms with Gasteiger partial charge in [-0.25, -0.2) is 0 Å². The second-order valence-electron chi connectivity index (χ2n) is 5.12. The molecule has 0 amide bonds. The third-order valence-corrected chi connectivity index (χ3v) is 4.86. The van der Waals surface area contributed by atoms with Crippen molar-refractivity contribution in [3.63, 3.8) is 0 Å². The number of hydrogen-bond donors (Lipinski definition) is 1. The first-order chi connectivity index (χ1) is 10.8. The summed E-state index contributed by atoms with van der Waals surface area (Å²) in [5.74, 6) is 1.82. The van der Waals surface area contributed by atoms with E-state index in [9.17, 15) is 4.21 Å². The summed E-state index contributed by atoms with van der Waals surface area (Å²) < 4.78 is 23.7. The van der Waals surface area contributed by atoms with Crippen molar-refractivity contribution in [3.8, 4) is 11.5 Å². The zero-order valence-electron chi connectivity index (χ0n) is 12.2. The molecular formula is C17H18O4S. The lowest BCUT2D eigenvalue weighted by Crippen LogP contribution is -1.99. The molecule has 5 heteroatoms. The van der Waals surface area contributed by atoms with Crippen molar-refractivity contribution in [2.75, 3.05) is 13.2 Å². The molecule has 1 atom stereocenters. The molecular weight excluding hydrogens is 300 g/mol. The number of ether oxygens (including phenoxy) is 2. The van der Waals surface area contributed by atoms with Crippen LogP contribution in [0.5, 0.6) is 11.5 Å². The van der Waals surface area contributed by atoms with E-state index in [-0.39, 0.29) is 6.61 Å². The Morgan fingerprint density at radius 2 is 1.64 bits per heavy atom. The molecule has 0 fully saturated rings. The summed E-state index contributed by atoms with van der Waals surface area (Å²) >= 11 is 0. The van der Waals surface area contributed by atoms with Crippen LogP contribution in [0.3, 0.4) is 0 Å². The Balaban J connectivity index is 1.75. The first-order valence-electron chi connectivity index (χ1n) is 7.23. The first kappa shape index (κ1) is 15.1. The molecule has 2 aromatic carbocycles. The van der Waals surface area contributed by atoms with E-state index in [1.165, 1.54) is 0 Å². The molecule has 116 valence electrons. The summed E-state index contributed by atoms with van der Waals surface area (Å²) in [5.41, 5.74) is 1.83. The number of aliphatic hydroxyl groups is 1. The Kier molecular flexibility index (Phi) is 4.75. The number of rotatable bonds is 4. The largest absolute Gasteiger partial charge is 0.490 e. The minimum Gasteiger partial charge on any atom is -0.490 e. The van der Waals surface area contributed by atoms with Crippen LogP contribution in [0, 0.1) is 0 Å². The van der Waals surface area contributed by atoms with Crippen LogP contribution < -0.4 is 9.47 Å². The molecule has 1 aliphatic heterocycles. The molecule has 0 aromatic heterocycles. The summed E-state index contributed by atoms with van der Waals surface area (Å²) in [4.78, 5) is 0.732. The van der Waals surface area contributed by atoms with E-state index in [1.54, 1.807) is 6.07 Å². The van der Waals surface area contributed by atoms with Gasteiger partial charge in [0, 0.05) is 17.4 Å². The van der Waals surface area contributed by atoms with Gasteiger partial charge >= 0.3 is 0 Å². The molecule has 0 radical (unpaired) electrons. The van der Waals surface area contributed by atoms with Crippen molar-refractivity contribution >= 4 is 10.8 Å². The zero-order valence-corrected chi connectivity index (χ0v) is 13.0. The maximum Gasteiger partial charge on any atom is 0.162 e. The highest BCUT2D eigenvalue weighted by Gasteiger charge is 2.13. The van der Waals surface area contributed by atoms with Crippen molar-refractivity contribution in [1.29, 1.82) is 0 Å². The van der Waals surface area contributed by atoms with Gasteiger partial charge in [0.25, 0.3) is 0 Å². The number of fused-ring (bicyclic) bond motifs is 1. The van der Waals surface area contributed by atoms with Crippen molar-refractivity contribution in [3.05, 3.63) is 53.6 Å². The van der Waals surface area contributed by atoms with Gasteiger partial charge in [0.2, 0.25) is 0 Å². The number of benzene rings is 2. The lowest BCUT2D eigenvalue weighted by molar-refractivity contribution is 0.282. The molecule has 0 bridgehead atoms. The van der Waals surface area contributed by atoms with Gasteiger partial charge in [-0.3, -0.25) is 4.21 Å². The zero-order chi connectivity index (χ0) is 15.4. The van der Waals surface area contributed by atoms with Crippen LogP contribution in [-0.4, -0.2) is 22.5 Å². The van der Waals surface area contributed by atoms with Crippen LogP contribution in [0.25, 0.3) is 0 Å². The van der Waals surface area contributed by atoms with Crippen LogP contribution in [0.2, 0.25) is 0 Å². The highest BCUT2D eigenvalue weighted by atomic mass is 32.2. The van der Waals surface area contributed by atoms with E-state index in [0.717, 1.165) is 22.4 Å². The highest BCUT2D eigenvalue weighted by Crippen LogP contribution is 2.31. The second-order valence-corrected chi connectivity index (χ2v) is 6.57. The second kappa shape index (κ2) is 6.94. The van der Waals surface area contributed by atoms with Crippen LogP contribution in [0.1, 0.15) is 17.5 Å². The predicted octanol–water partition coefficient (Wildman–Crippen LogP) is 2.65. The Morgan fingerprint density at radius 1 is 0.955 bits per heavy atom. The molecule has 0 saturated heterocycles. The summed E-state index contributed by atoms with van der Waals surface area (Å²) in [6, 6.07) is 12.9. The molecule has 1 N–H and O–H groups in total. The lowest BCUT2D eigenvalue weighted by Gasteiger charge is -2.09. The maximum absolute atomic E-state index is 12.5. The summed E-state index contributed by atoms with van der Waals surface area (Å²) in [6.45, 7) is 1.28.